The van der Waals surface area contributed by atoms with Gasteiger partial charge in [0.1, 0.15) is 17.1 Å². The highest BCUT2D eigenvalue weighted by molar-refractivity contribution is 7.80. The number of rotatable bonds is 5. The summed E-state index contributed by atoms with van der Waals surface area (Å²) in [5, 5.41) is 6.48. The lowest BCUT2D eigenvalue weighted by atomic mass is 10.0. The highest BCUT2D eigenvalue weighted by atomic mass is 32.1. The molecule has 0 saturated carbocycles. The standard InChI is InChI=1S/C25H20N2O5S/c1-30-18-8-5-7-17(12-18)23(28)27-25(33)26-20-14-15(10-11-22(20)31-2)19-13-16-6-3-4-9-21(16)32-24(19)29/h3-14H,1-2H3,(H2,26,27,28,33). The number of para-hydroxylation sites is 1. The number of hydrogen-bond acceptors (Lipinski definition) is 6. The van der Waals surface area contributed by atoms with E-state index < -0.39 is 11.5 Å². The van der Waals surface area contributed by atoms with Gasteiger partial charge in [-0.1, -0.05) is 30.3 Å². The molecule has 2 N–H and O–H groups in total. The summed E-state index contributed by atoms with van der Waals surface area (Å²) in [5.74, 6) is 0.656. The molecule has 7 nitrogen and oxygen atoms in total. The van der Waals surface area contributed by atoms with Crippen molar-refractivity contribution in [2.45, 2.75) is 0 Å². The van der Waals surface area contributed by atoms with Crippen LogP contribution in [0.1, 0.15) is 10.4 Å². The van der Waals surface area contributed by atoms with E-state index in [4.69, 9.17) is 26.1 Å². The lowest BCUT2D eigenvalue weighted by Crippen LogP contribution is -2.34. The molecular formula is C25H20N2O5S. The van der Waals surface area contributed by atoms with Gasteiger partial charge in [-0.2, -0.15) is 0 Å². The van der Waals surface area contributed by atoms with Gasteiger partial charge < -0.3 is 19.2 Å². The SMILES string of the molecule is COc1cccc(C(=O)NC(=S)Nc2cc(-c3cc4ccccc4oc3=O)ccc2OC)c1. The topological polar surface area (TPSA) is 89.8 Å². The van der Waals surface area contributed by atoms with Crippen molar-refractivity contribution in [3.63, 3.8) is 0 Å². The molecular weight excluding hydrogens is 440 g/mol. The van der Waals surface area contributed by atoms with Crippen molar-refractivity contribution in [3.8, 4) is 22.6 Å². The second-order valence-electron chi connectivity index (χ2n) is 7.04. The van der Waals surface area contributed by atoms with Crippen molar-refractivity contribution in [3.05, 3.63) is 88.8 Å². The molecule has 3 aromatic carbocycles. The van der Waals surface area contributed by atoms with E-state index in [2.05, 4.69) is 10.6 Å². The maximum absolute atomic E-state index is 12.6. The zero-order valence-corrected chi connectivity index (χ0v) is 18.7. The van der Waals surface area contributed by atoms with Gasteiger partial charge in [-0.05, 0) is 60.2 Å². The van der Waals surface area contributed by atoms with Crippen molar-refractivity contribution in [2.24, 2.45) is 0 Å². The van der Waals surface area contributed by atoms with Crippen LogP contribution in [0.3, 0.4) is 0 Å². The summed E-state index contributed by atoms with van der Waals surface area (Å²) >= 11 is 5.32. The van der Waals surface area contributed by atoms with Crippen LogP contribution in [0.2, 0.25) is 0 Å². The third-order valence-electron chi connectivity index (χ3n) is 4.96. The first-order valence-electron chi connectivity index (χ1n) is 9.96. The summed E-state index contributed by atoms with van der Waals surface area (Å²) in [6, 6.07) is 21.0. The van der Waals surface area contributed by atoms with Crippen LogP contribution in [0.4, 0.5) is 5.69 Å². The van der Waals surface area contributed by atoms with Crippen molar-refractivity contribution >= 4 is 39.9 Å². The third kappa shape index (κ3) is 4.86. The van der Waals surface area contributed by atoms with E-state index in [0.717, 1.165) is 5.39 Å². The number of carbonyl (C=O) groups is 1. The summed E-state index contributed by atoms with van der Waals surface area (Å²) in [5.41, 5.74) is 1.94. The van der Waals surface area contributed by atoms with Gasteiger partial charge in [0, 0.05) is 10.9 Å². The van der Waals surface area contributed by atoms with Crippen molar-refractivity contribution in [2.75, 3.05) is 19.5 Å². The van der Waals surface area contributed by atoms with Gasteiger partial charge in [0.05, 0.1) is 25.5 Å². The number of carbonyl (C=O) groups excluding carboxylic acids is 1. The van der Waals surface area contributed by atoms with E-state index in [0.29, 0.717) is 39.5 Å². The van der Waals surface area contributed by atoms with E-state index in [1.165, 1.54) is 14.2 Å². The van der Waals surface area contributed by atoms with Gasteiger partial charge in [0.2, 0.25) is 0 Å². The number of thiocarbonyl (C=S) groups is 1. The molecule has 0 spiro atoms. The third-order valence-corrected chi connectivity index (χ3v) is 5.16. The van der Waals surface area contributed by atoms with E-state index in [-0.39, 0.29) is 5.11 Å². The van der Waals surface area contributed by atoms with Gasteiger partial charge in [-0.25, -0.2) is 4.79 Å². The predicted octanol–water partition coefficient (Wildman–Crippen LogP) is 4.60. The normalized spacial score (nSPS) is 10.5. The fraction of sp³-hybridized carbons (Fsp3) is 0.0800. The number of anilines is 1. The van der Waals surface area contributed by atoms with E-state index in [1.54, 1.807) is 60.7 Å². The Morgan fingerprint density at radius 1 is 0.939 bits per heavy atom. The van der Waals surface area contributed by atoms with Crippen molar-refractivity contribution < 1.29 is 18.7 Å². The van der Waals surface area contributed by atoms with Crippen LogP contribution in [-0.4, -0.2) is 25.2 Å². The van der Waals surface area contributed by atoms with Crippen molar-refractivity contribution in [1.29, 1.82) is 0 Å². The zero-order chi connectivity index (χ0) is 23.4. The van der Waals surface area contributed by atoms with E-state index in [9.17, 15) is 9.59 Å². The van der Waals surface area contributed by atoms with Crippen LogP contribution in [0.25, 0.3) is 22.1 Å². The van der Waals surface area contributed by atoms with Crippen LogP contribution >= 0.6 is 12.2 Å². The van der Waals surface area contributed by atoms with Gasteiger partial charge >= 0.3 is 5.63 Å². The number of fused-ring (bicyclic) bond motifs is 1. The molecule has 0 saturated heterocycles. The Kier molecular flexibility index (Phi) is 6.37. The lowest BCUT2D eigenvalue weighted by Gasteiger charge is -2.14. The molecule has 0 unspecified atom stereocenters. The Balaban J connectivity index is 1.60. The average Bonchev–Trinajstić information content (AvgIpc) is 2.83. The molecule has 0 aliphatic heterocycles. The molecule has 1 amide bonds. The summed E-state index contributed by atoms with van der Waals surface area (Å²) in [7, 11) is 3.04. The Labute approximate surface area is 195 Å². The Hall–Kier alpha value is -4.17. The molecule has 0 atom stereocenters. The summed E-state index contributed by atoms with van der Waals surface area (Å²) in [6.45, 7) is 0. The number of amides is 1. The largest absolute Gasteiger partial charge is 0.497 e. The molecule has 0 radical (unpaired) electrons. The molecule has 166 valence electrons. The Morgan fingerprint density at radius 2 is 1.76 bits per heavy atom. The summed E-state index contributed by atoms with van der Waals surface area (Å²) < 4.78 is 16.0. The summed E-state index contributed by atoms with van der Waals surface area (Å²) in [4.78, 5) is 25.1. The minimum atomic E-state index is -0.460. The van der Waals surface area contributed by atoms with Gasteiger partial charge in [-0.3, -0.25) is 10.1 Å². The van der Waals surface area contributed by atoms with Crippen LogP contribution < -0.4 is 25.7 Å². The first kappa shape index (κ1) is 22.0. The van der Waals surface area contributed by atoms with Crippen LogP contribution in [0.5, 0.6) is 11.5 Å². The Bertz CT molecular complexity index is 1410. The highest BCUT2D eigenvalue weighted by Gasteiger charge is 2.14. The maximum Gasteiger partial charge on any atom is 0.344 e. The van der Waals surface area contributed by atoms with E-state index >= 15 is 0 Å². The first-order chi connectivity index (χ1) is 16.0. The quantitative estimate of drug-likeness (QED) is 0.332. The van der Waals surface area contributed by atoms with Crippen molar-refractivity contribution in [1.82, 2.24) is 5.32 Å². The van der Waals surface area contributed by atoms with Gasteiger partial charge in [0.15, 0.2) is 5.11 Å². The molecule has 1 heterocycles. The zero-order valence-electron chi connectivity index (χ0n) is 17.9. The smallest absolute Gasteiger partial charge is 0.344 e. The van der Waals surface area contributed by atoms with Crippen LogP contribution in [-0.2, 0) is 0 Å². The predicted molar refractivity (Wildman–Crippen MR) is 131 cm³/mol. The molecule has 0 fully saturated rings. The Morgan fingerprint density at radius 3 is 2.55 bits per heavy atom. The lowest BCUT2D eigenvalue weighted by molar-refractivity contribution is 0.0977. The molecule has 8 heteroatoms. The molecule has 0 aliphatic carbocycles. The van der Waals surface area contributed by atoms with Gasteiger partial charge in [-0.15, -0.1) is 0 Å². The average molecular weight is 461 g/mol. The summed E-state index contributed by atoms with van der Waals surface area (Å²) in [6.07, 6.45) is 0. The minimum absolute atomic E-state index is 0.0730. The van der Waals surface area contributed by atoms with Gasteiger partial charge in [0.25, 0.3) is 5.91 Å². The molecule has 4 rings (SSSR count). The monoisotopic (exact) mass is 460 g/mol. The second-order valence-corrected chi connectivity index (χ2v) is 7.45. The van der Waals surface area contributed by atoms with E-state index in [1.807, 2.05) is 12.1 Å². The highest BCUT2D eigenvalue weighted by Crippen LogP contribution is 2.30. The molecule has 33 heavy (non-hydrogen) atoms. The minimum Gasteiger partial charge on any atom is -0.497 e. The fourth-order valence-corrected chi connectivity index (χ4v) is 3.53. The number of methoxy groups -OCH3 is 2. The number of hydrogen-bond donors (Lipinski definition) is 2. The maximum atomic E-state index is 12.6. The second kappa shape index (κ2) is 9.54. The van der Waals surface area contributed by atoms with Crippen LogP contribution in [0.15, 0.2) is 82.0 Å². The first-order valence-corrected chi connectivity index (χ1v) is 10.4. The number of nitrogens with one attached hydrogen (secondary N) is 2. The van der Waals surface area contributed by atoms with Crippen LogP contribution in [0, 0.1) is 0 Å². The molecule has 1 aromatic heterocycles. The number of ether oxygens (including phenoxy) is 2. The molecule has 4 aromatic rings. The fourth-order valence-electron chi connectivity index (χ4n) is 3.33. The number of benzene rings is 3. The molecule has 0 aliphatic rings. The molecule has 0 bridgehead atoms.